The van der Waals surface area contributed by atoms with Gasteiger partial charge in [0, 0.05) is 30.4 Å². The summed E-state index contributed by atoms with van der Waals surface area (Å²) in [6.07, 6.45) is 1.16. The molecule has 0 radical (unpaired) electrons. The van der Waals surface area contributed by atoms with Gasteiger partial charge in [0.1, 0.15) is 6.54 Å². The number of rotatable bonds is 6. The van der Waals surface area contributed by atoms with Crippen LogP contribution in [0.3, 0.4) is 0 Å². The van der Waals surface area contributed by atoms with Gasteiger partial charge < -0.3 is 10.5 Å². The van der Waals surface area contributed by atoms with E-state index in [9.17, 15) is 4.79 Å². The summed E-state index contributed by atoms with van der Waals surface area (Å²) < 4.78 is 6.75. The van der Waals surface area contributed by atoms with Crippen LogP contribution in [0.25, 0.3) is 0 Å². The smallest absolute Gasteiger partial charge is 0.327 e. The van der Waals surface area contributed by atoms with Crippen LogP contribution in [0.4, 0.5) is 0 Å². The average Bonchev–Trinajstić information content (AvgIpc) is 3.00. The molecule has 2 unspecified atom stereocenters. The second-order valence-corrected chi connectivity index (χ2v) is 6.26. The Morgan fingerprint density at radius 1 is 1.48 bits per heavy atom. The molecular formula is C16H29ClN4O2. The van der Waals surface area contributed by atoms with Crippen LogP contribution in [-0.4, -0.2) is 46.4 Å². The SMILES string of the molecule is CCOC(=O)Cn1nc(C)c(CN2CCC(C(C)N)C2)c1C.Cl. The van der Waals surface area contributed by atoms with Crippen LogP contribution < -0.4 is 5.73 Å². The van der Waals surface area contributed by atoms with Crippen LogP contribution in [0, 0.1) is 19.8 Å². The number of aryl methyl sites for hydroxylation is 1. The number of nitrogens with zero attached hydrogens (tertiary/aromatic N) is 3. The highest BCUT2D eigenvalue weighted by Gasteiger charge is 2.26. The maximum atomic E-state index is 11.6. The van der Waals surface area contributed by atoms with Gasteiger partial charge in [-0.05, 0) is 46.6 Å². The zero-order valence-corrected chi connectivity index (χ0v) is 15.4. The monoisotopic (exact) mass is 344 g/mol. The third-order valence-corrected chi connectivity index (χ3v) is 4.55. The quantitative estimate of drug-likeness (QED) is 0.794. The highest BCUT2D eigenvalue weighted by molar-refractivity contribution is 5.85. The largest absolute Gasteiger partial charge is 0.465 e. The summed E-state index contributed by atoms with van der Waals surface area (Å²) in [5, 5.41) is 4.49. The van der Waals surface area contributed by atoms with Gasteiger partial charge in [0.05, 0.1) is 12.3 Å². The van der Waals surface area contributed by atoms with Gasteiger partial charge in [0.25, 0.3) is 0 Å². The summed E-state index contributed by atoms with van der Waals surface area (Å²) in [7, 11) is 0. The predicted molar refractivity (Wildman–Crippen MR) is 92.6 cm³/mol. The first-order valence-electron chi connectivity index (χ1n) is 8.08. The number of aromatic nitrogens is 2. The van der Waals surface area contributed by atoms with Crippen molar-refractivity contribution in [1.29, 1.82) is 0 Å². The first kappa shape index (κ1) is 19.9. The van der Waals surface area contributed by atoms with E-state index in [0.717, 1.165) is 37.4 Å². The molecule has 1 aliphatic rings. The van der Waals surface area contributed by atoms with E-state index in [1.54, 1.807) is 4.68 Å². The second kappa shape index (κ2) is 8.66. The third-order valence-electron chi connectivity index (χ3n) is 4.55. The molecule has 0 aromatic carbocycles. The summed E-state index contributed by atoms with van der Waals surface area (Å²) in [4.78, 5) is 14.1. The van der Waals surface area contributed by atoms with Gasteiger partial charge in [0.15, 0.2) is 0 Å². The van der Waals surface area contributed by atoms with E-state index in [-0.39, 0.29) is 31.0 Å². The Balaban J connectivity index is 0.00000264. The average molecular weight is 345 g/mol. The first-order chi connectivity index (χ1) is 10.4. The lowest BCUT2D eigenvalue weighted by Crippen LogP contribution is -2.29. The van der Waals surface area contributed by atoms with E-state index >= 15 is 0 Å². The Labute approximate surface area is 144 Å². The number of nitrogens with two attached hydrogens (primary N) is 1. The van der Waals surface area contributed by atoms with Crippen molar-refractivity contribution in [1.82, 2.24) is 14.7 Å². The van der Waals surface area contributed by atoms with Gasteiger partial charge in [-0.15, -0.1) is 12.4 Å². The molecule has 1 aromatic rings. The molecular weight excluding hydrogens is 316 g/mol. The molecule has 2 rings (SSSR count). The Kier molecular flexibility index (Phi) is 7.51. The van der Waals surface area contributed by atoms with Gasteiger partial charge in [-0.3, -0.25) is 14.4 Å². The van der Waals surface area contributed by atoms with E-state index in [2.05, 4.69) is 16.9 Å². The summed E-state index contributed by atoms with van der Waals surface area (Å²) in [6.45, 7) is 11.5. The fraction of sp³-hybridized carbons (Fsp3) is 0.750. The summed E-state index contributed by atoms with van der Waals surface area (Å²) in [5.41, 5.74) is 9.27. The molecule has 2 atom stereocenters. The minimum atomic E-state index is -0.238. The standard InChI is InChI=1S/C16H28N4O2.ClH/c1-5-22-16(21)10-20-13(4)15(12(3)18-20)9-19-7-6-14(8-19)11(2)17;/h11,14H,5-10,17H2,1-4H3;1H. The molecule has 0 saturated carbocycles. The zero-order valence-electron chi connectivity index (χ0n) is 14.5. The molecule has 2 heterocycles. The number of carbonyl (C=O) groups is 1. The fourth-order valence-corrected chi connectivity index (χ4v) is 3.10. The summed E-state index contributed by atoms with van der Waals surface area (Å²) in [6, 6.07) is 0.249. The molecule has 0 bridgehead atoms. The normalized spacial score (nSPS) is 19.4. The van der Waals surface area contributed by atoms with Crippen molar-refractivity contribution >= 4 is 18.4 Å². The van der Waals surface area contributed by atoms with Crippen molar-refractivity contribution in [3.05, 3.63) is 17.0 Å². The third kappa shape index (κ3) is 4.93. The van der Waals surface area contributed by atoms with Crippen molar-refractivity contribution < 1.29 is 9.53 Å². The Bertz CT molecular complexity index is 530. The number of ether oxygens (including phenoxy) is 1. The topological polar surface area (TPSA) is 73.4 Å². The molecule has 1 aliphatic heterocycles. The lowest BCUT2D eigenvalue weighted by molar-refractivity contribution is -0.144. The number of likely N-dealkylation sites (tertiary alicyclic amines) is 1. The number of hydrogen-bond donors (Lipinski definition) is 1. The van der Waals surface area contributed by atoms with Crippen LogP contribution in [0.15, 0.2) is 0 Å². The van der Waals surface area contributed by atoms with E-state index < -0.39 is 0 Å². The van der Waals surface area contributed by atoms with Crippen LogP contribution >= 0.6 is 12.4 Å². The van der Waals surface area contributed by atoms with E-state index in [1.807, 2.05) is 20.8 Å². The number of halogens is 1. The lowest BCUT2D eigenvalue weighted by Gasteiger charge is -2.18. The van der Waals surface area contributed by atoms with Gasteiger partial charge >= 0.3 is 5.97 Å². The van der Waals surface area contributed by atoms with Gasteiger partial charge in [-0.1, -0.05) is 0 Å². The molecule has 1 saturated heterocycles. The Hall–Kier alpha value is -1.11. The molecule has 23 heavy (non-hydrogen) atoms. The number of esters is 1. The molecule has 132 valence electrons. The van der Waals surface area contributed by atoms with Crippen molar-refractivity contribution in [3.8, 4) is 0 Å². The molecule has 6 nitrogen and oxygen atoms in total. The first-order valence-corrected chi connectivity index (χ1v) is 8.08. The van der Waals surface area contributed by atoms with Crippen LogP contribution in [0.1, 0.15) is 37.2 Å². The molecule has 1 aromatic heterocycles. The highest BCUT2D eigenvalue weighted by Crippen LogP contribution is 2.23. The molecule has 0 amide bonds. The molecule has 0 spiro atoms. The lowest BCUT2D eigenvalue weighted by atomic mass is 10.0. The maximum Gasteiger partial charge on any atom is 0.327 e. The Morgan fingerprint density at radius 3 is 2.74 bits per heavy atom. The van der Waals surface area contributed by atoms with E-state index in [4.69, 9.17) is 10.5 Å². The van der Waals surface area contributed by atoms with Crippen molar-refractivity contribution in [3.63, 3.8) is 0 Å². The maximum absolute atomic E-state index is 11.6. The molecule has 0 aliphatic carbocycles. The van der Waals surface area contributed by atoms with Crippen molar-refractivity contribution in [2.75, 3.05) is 19.7 Å². The highest BCUT2D eigenvalue weighted by atomic mass is 35.5. The van der Waals surface area contributed by atoms with E-state index in [0.29, 0.717) is 12.5 Å². The molecule has 7 heteroatoms. The van der Waals surface area contributed by atoms with E-state index in [1.165, 1.54) is 5.56 Å². The molecule has 2 N–H and O–H groups in total. The second-order valence-electron chi connectivity index (χ2n) is 6.26. The van der Waals surface area contributed by atoms with Gasteiger partial charge in [-0.2, -0.15) is 5.10 Å². The summed E-state index contributed by atoms with van der Waals surface area (Å²) in [5.74, 6) is 0.341. The Morgan fingerprint density at radius 2 is 2.17 bits per heavy atom. The molecule has 1 fully saturated rings. The van der Waals surface area contributed by atoms with Crippen LogP contribution in [-0.2, 0) is 22.6 Å². The minimum absolute atomic E-state index is 0. The summed E-state index contributed by atoms with van der Waals surface area (Å²) >= 11 is 0. The fourth-order valence-electron chi connectivity index (χ4n) is 3.10. The minimum Gasteiger partial charge on any atom is -0.465 e. The van der Waals surface area contributed by atoms with Gasteiger partial charge in [0.2, 0.25) is 0 Å². The van der Waals surface area contributed by atoms with Crippen LogP contribution in [0.2, 0.25) is 0 Å². The number of hydrogen-bond acceptors (Lipinski definition) is 5. The van der Waals surface area contributed by atoms with Gasteiger partial charge in [-0.25, -0.2) is 0 Å². The number of carbonyl (C=O) groups excluding carboxylic acids is 1. The van der Waals surface area contributed by atoms with Crippen LogP contribution in [0.5, 0.6) is 0 Å². The van der Waals surface area contributed by atoms with Crippen molar-refractivity contribution in [2.24, 2.45) is 11.7 Å². The van der Waals surface area contributed by atoms with Crippen molar-refractivity contribution in [2.45, 2.75) is 53.2 Å². The zero-order chi connectivity index (χ0) is 16.3. The predicted octanol–water partition coefficient (Wildman–Crippen LogP) is 1.65.